The molecule has 0 amide bonds. The number of nitrogens with zero attached hydrogens (tertiary/aromatic N) is 5. The van der Waals surface area contributed by atoms with E-state index in [1.165, 1.54) is 6.07 Å². The lowest BCUT2D eigenvalue weighted by Crippen LogP contribution is -2.30. The Balaban J connectivity index is 2.16. The van der Waals surface area contributed by atoms with Crippen molar-refractivity contribution in [3.8, 4) is 23.1 Å². The van der Waals surface area contributed by atoms with Crippen molar-refractivity contribution in [2.24, 2.45) is 0 Å². The fourth-order valence-corrected chi connectivity index (χ4v) is 2.21. The van der Waals surface area contributed by atoms with E-state index in [9.17, 15) is 4.79 Å². The Kier molecular flexibility index (Phi) is 3.20. The number of nitrogens with two attached hydrogens (primary N) is 1. The molecule has 2 aromatic heterocycles. The van der Waals surface area contributed by atoms with Crippen LogP contribution in [0.1, 0.15) is 11.3 Å². The minimum atomic E-state index is -0.561. The van der Waals surface area contributed by atoms with Gasteiger partial charge in [-0.2, -0.15) is 5.26 Å². The molecule has 7 heteroatoms. The van der Waals surface area contributed by atoms with E-state index in [1.807, 2.05) is 37.3 Å². The first kappa shape index (κ1) is 13.6. The first-order chi connectivity index (χ1) is 10.6. The van der Waals surface area contributed by atoms with Gasteiger partial charge in [0.15, 0.2) is 0 Å². The van der Waals surface area contributed by atoms with Crippen molar-refractivity contribution in [1.82, 2.24) is 19.7 Å². The lowest BCUT2D eigenvalue weighted by Gasteiger charge is -2.07. The minimum Gasteiger partial charge on any atom is -0.336 e. The van der Waals surface area contributed by atoms with E-state index in [0.717, 1.165) is 16.1 Å². The maximum absolute atomic E-state index is 11.9. The number of benzene rings is 1. The molecule has 0 aliphatic carbocycles. The molecule has 0 saturated carbocycles. The molecule has 3 rings (SSSR count). The summed E-state index contributed by atoms with van der Waals surface area (Å²) in [7, 11) is 0. The Labute approximate surface area is 125 Å². The van der Waals surface area contributed by atoms with E-state index in [-0.39, 0.29) is 5.56 Å². The molecule has 3 aromatic rings. The van der Waals surface area contributed by atoms with Crippen LogP contribution < -0.4 is 11.4 Å². The van der Waals surface area contributed by atoms with E-state index in [2.05, 4.69) is 10.3 Å². The van der Waals surface area contributed by atoms with Gasteiger partial charge in [0.2, 0.25) is 0 Å². The first-order valence-electron chi connectivity index (χ1n) is 6.53. The largest absolute Gasteiger partial charge is 0.336 e. The first-order valence-corrected chi connectivity index (χ1v) is 6.53. The highest BCUT2D eigenvalue weighted by atomic mass is 16.1. The van der Waals surface area contributed by atoms with Crippen LogP contribution >= 0.6 is 0 Å². The summed E-state index contributed by atoms with van der Waals surface area (Å²) in [6, 6.07) is 14.3. The molecule has 0 bridgehead atoms. The predicted molar refractivity (Wildman–Crippen MR) is 80.7 cm³/mol. The van der Waals surface area contributed by atoms with Gasteiger partial charge in [-0.1, -0.05) is 23.4 Å². The Bertz CT molecular complexity index is 933. The molecule has 0 saturated heterocycles. The molecule has 0 spiro atoms. The van der Waals surface area contributed by atoms with Gasteiger partial charge in [-0.3, -0.25) is 4.79 Å². The van der Waals surface area contributed by atoms with Crippen LogP contribution in [0.4, 0.5) is 0 Å². The standard InChI is InChI=1S/C15H12N6O/c1-10-14(13-8-7-11(9-16)15(22)20(13)17)18-19-21(10)12-5-3-2-4-6-12/h2-8H,17H2,1H3. The minimum absolute atomic E-state index is 0.0145. The van der Waals surface area contributed by atoms with Crippen LogP contribution in [0, 0.1) is 18.3 Å². The summed E-state index contributed by atoms with van der Waals surface area (Å²) in [6.45, 7) is 1.84. The van der Waals surface area contributed by atoms with Crippen LogP contribution in [0.15, 0.2) is 47.3 Å². The SMILES string of the molecule is Cc1c(-c2ccc(C#N)c(=O)n2N)nnn1-c1ccccc1. The number of hydrogen-bond acceptors (Lipinski definition) is 5. The number of pyridine rings is 1. The Morgan fingerprint density at radius 2 is 1.91 bits per heavy atom. The van der Waals surface area contributed by atoms with Crippen LogP contribution in [0.2, 0.25) is 0 Å². The quantitative estimate of drug-likeness (QED) is 0.709. The van der Waals surface area contributed by atoms with E-state index < -0.39 is 5.56 Å². The third-order valence-electron chi connectivity index (χ3n) is 3.38. The maximum Gasteiger partial charge on any atom is 0.287 e. The number of para-hydroxylation sites is 1. The second kappa shape index (κ2) is 5.18. The molecule has 2 heterocycles. The van der Waals surface area contributed by atoms with Crippen molar-refractivity contribution in [2.75, 3.05) is 5.84 Å². The average molecular weight is 292 g/mol. The highest BCUT2D eigenvalue weighted by molar-refractivity contribution is 5.59. The highest BCUT2D eigenvalue weighted by Gasteiger charge is 2.16. The number of nitriles is 1. The molecule has 1 aromatic carbocycles. The third-order valence-corrected chi connectivity index (χ3v) is 3.38. The summed E-state index contributed by atoms with van der Waals surface area (Å²) < 4.78 is 2.59. The lowest BCUT2D eigenvalue weighted by molar-refractivity contribution is 0.785. The van der Waals surface area contributed by atoms with Crippen LogP contribution in [0.25, 0.3) is 17.1 Å². The Morgan fingerprint density at radius 3 is 2.59 bits per heavy atom. The van der Waals surface area contributed by atoms with Gasteiger partial charge in [-0.25, -0.2) is 9.36 Å². The van der Waals surface area contributed by atoms with Crippen LogP contribution in [-0.4, -0.2) is 19.7 Å². The van der Waals surface area contributed by atoms with Gasteiger partial charge < -0.3 is 5.84 Å². The Morgan fingerprint density at radius 1 is 1.18 bits per heavy atom. The summed E-state index contributed by atoms with van der Waals surface area (Å²) in [4.78, 5) is 11.9. The van der Waals surface area contributed by atoms with Gasteiger partial charge in [-0.05, 0) is 31.2 Å². The second-order valence-electron chi connectivity index (χ2n) is 4.69. The monoisotopic (exact) mass is 292 g/mol. The molecule has 7 nitrogen and oxygen atoms in total. The fourth-order valence-electron chi connectivity index (χ4n) is 2.21. The zero-order chi connectivity index (χ0) is 15.7. The second-order valence-corrected chi connectivity index (χ2v) is 4.69. The van der Waals surface area contributed by atoms with E-state index in [4.69, 9.17) is 11.1 Å². The molecule has 0 unspecified atom stereocenters. The Hall–Kier alpha value is -3.40. The zero-order valence-corrected chi connectivity index (χ0v) is 11.8. The number of nitrogen functional groups attached to an aromatic ring is 1. The molecule has 108 valence electrons. The van der Waals surface area contributed by atoms with Crippen molar-refractivity contribution >= 4 is 0 Å². The summed E-state index contributed by atoms with van der Waals surface area (Å²) in [5.41, 5.74) is 1.93. The van der Waals surface area contributed by atoms with Gasteiger partial charge in [0.25, 0.3) is 5.56 Å². The molecular formula is C15H12N6O. The van der Waals surface area contributed by atoms with Crippen molar-refractivity contribution in [1.29, 1.82) is 5.26 Å². The van der Waals surface area contributed by atoms with Gasteiger partial charge in [0.05, 0.1) is 17.1 Å². The van der Waals surface area contributed by atoms with Gasteiger partial charge >= 0.3 is 0 Å². The van der Waals surface area contributed by atoms with Crippen molar-refractivity contribution in [3.05, 3.63) is 64.1 Å². The van der Waals surface area contributed by atoms with E-state index >= 15 is 0 Å². The highest BCUT2D eigenvalue weighted by Crippen LogP contribution is 2.20. The van der Waals surface area contributed by atoms with E-state index in [0.29, 0.717) is 11.4 Å². The average Bonchev–Trinajstić information content (AvgIpc) is 2.92. The predicted octanol–water partition coefficient (Wildman–Crippen LogP) is 0.990. The van der Waals surface area contributed by atoms with Gasteiger partial charge in [-0.15, -0.1) is 5.10 Å². The number of aromatic nitrogens is 4. The zero-order valence-electron chi connectivity index (χ0n) is 11.8. The number of rotatable bonds is 2. The van der Waals surface area contributed by atoms with Gasteiger partial charge in [0.1, 0.15) is 17.3 Å². The molecule has 0 atom stereocenters. The van der Waals surface area contributed by atoms with Crippen LogP contribution in [0.3, 0.4) is 0 Å². The summed E-state index contributed by atoms with van der Waals surface area (Å²) in [6.07, 6.45) is 0. The molecular weight excluding hydrogens is 280 g/mol. The fraction of sp³-hybridized carbons (Fsp3) is 0.0667. The van der Waals surface area contributed by atoms with Crippen molar-refractivity contribution in [2.45, 2.75) is 6.92 Å². The van der Waals surface area contributed by atoms with E-state index in [1.54, 1.807) is 16.8 Å². The molecule has 0 fully saturated rings. The topological polar surface area (TPSA) is 103 Å². The van der Waals surface area contributed by atoms with Crippen molar-refractivity contribution in [3.63, 3.8) is 0 Å². The normalized spacial score (nSPS) is 10.4. The summed E-state index contributed by atoms with van der Waals surface area (Å²) >= 11 is 0. The molecule has 0 aliphatic heterocycles. The summed E-state index contributed by atoms with van der Waals surface area (Å²) in [5.74, 6) is 5.78. The molecule has 22 heavy (non-hydrogen) atoms. The van der Waals surface area contributed by atoms with Crippen molar-refractivity contribution < 1.29 is 0 Å². The lowest BCUT2D eigenvalue weighted by atomic mass is 10.2. The number of hydrogen-bond donors (Lipinski definition) is 1. The van der Waals surface area contributed by atoms with Crippen LogP contribution in [-0.2, 0) is 0 Å². The smallest absolute Gasteiger partial charge is 0.287 e. The summed E-state index contributed by atoms with van der Waals surface area (Å²) in [5, 5.41) is 17.1. The molecule has 0 radical (unpaired) electrons. The third kappa shape index (κ3) is 2.03. The van der Waals surface area contributed by atoms with Gasteiger partial charge in [0, 0.05) is 0 Å². The molecule has 2 N–H and O–H groups in total. The van der Waals surface area contributed by atoms with Crippen LogP contribution in [0.5, 0.6) is 0 Å². The molecule has 0 aliphatic rings. The maximum atomic E-state index is 11.9.